The molecule has 0 fully saturated rings. The lowest BCUT2D eigenvalue weighted by Gasteiger charge is -2.18. The van der Waals surface area contributed by atoms with Gasteiger partial charge in [-0.2, -0.15) is 0 Å². The van der Waals surface area contributed by atoms with Crippen LogP contribution < -0.4 is 0 Å². The van der Waals surface area contributed by atoms with E-state index in [0.29, 0.717) is 19.3 Å². The van der Waals surface area contributed by atoms with E-state index in [0.717, 1.165) is 69.6 Å². The number of hydrogen-bond donors (Lipinski definition) is 0. The molecule has 6 nitrogen and oxygen atoms in total. The summed E-state index contributed by atoms with van der Waals surface area (Å²) in [6, 6.07) is 0. The van der Waals surface area contributed by atoms with Crippen LogP contribution in [0, 0.1) is 11.8 Å². The van der Waals surface area contributed by atoms with Gasteiger partial charge in [-0.05, 0) is 31.1 Å². The quantitative estimate of drug-likeness (QED) is 0.0344. The third kappa shape index (κ3) is 51.6. The highest BCUT2D eigenvalue weighted by Gasteiger charge is 2.19. The van der Waals surface area contributed by atoms with Crippen molar-refractivity contribution in [3.8, 4) is 0 Å². The Balaban J connectivity index is 4.26. The van der Waals surface area contributed by atoms with Crippen molar-refractivity contribution in [2.45, 2.75) is 336 Å². The number of hydrogen-bond acceptors (Lipinski definition) is 6. The highest BCUT2D eigenvalue weighted by atomic mass is 16.6. The summed E-state index contributed by atoms with van der Waals surface area (Å²) >= 11 is 0. The number of rotatable bonds is 53. The smallest absolute Gasteiger partial charge is 0.306 e. The number of carbonyl (C=O) groups excluding carboxylic acids is 3. The van der Waals surface area contributed by atoms with E-state index in [1.807, 2.05) is 0 Å². The summed E-state index contributed by atoms with van der Waals surface area (Å²) in [4.78, 5) is 38.1. The molecule has 2 atom stereocenters. The molecule has 0 rings (SSSR count). The van der Waals surface area contributed by atoms with Gasteiger partial charge >= 0.3 is 17.9 Å². The van der Waals surface area contributed by atoms with E-state index in [-0.39, 0.29) is 31.1 Å². The Morgan fingerprint density at radius 3 is 0.877 bits per heavy atom. The van der Waals surface area contributed by atoms with E-state index in [1.165, 1.54) is 218 Å². The molecular weight excluding hydrogens is 805 g/mol. The van der Waals surface area contributed by atoms with Gasteiger partial charge in [0.05, 0.1) is 0 Å². The molecule has 0 aliphatic carbocycles. The maximum atomic E-state index is 12.8. The van der Waals surface area contributed by atoms with Crippen LogP contribution in [0.1, 0.15) is 330 Å². The van der Waals surface area contributed by atoms with Crippen LogP contribution in [0.5, 0.6) is 0 Å². The minimum atomic E-state index is -0.763. The van der Waals surface area contributed by atoms with Crippen LogP contribution in [0.2, 0.25) is 0 Å². The molecule has 386 valence electrons. The highest BCUT2D eigenvalue weighted by Crippen LogP contribution is 2.19. The molecule has 0 radical (unpaired) electrons. The lowest BCUT2D eigenvalue weighted by molar-refractivity contribution is -0.167. The maximum absolute atomic E-state index is 12.8. The van der Waals surface area contributed by atoms with Gasteiger partial charge in [0.1, 0.15) is 13.2 Å². The van der Waals surface area contributed by atoms with Gasteiger partial charge in [0.25, 0.3) is 0 Å². The van der Waals surface area contributed by atoms with Crippen LogP contribution in [-0.4, -0.2) is 37.2 Å². The summed E-state index contributed by atoms with van der Waals surface area (Å²) in [5.74, 6) is 0.848. The molecule has 0 saturated heterocycles. The topological polar surface area (TPSA) is 78.9 Å². The van der Waals surface area contributed by atoms with Crippen LogP contribution in [0.25, 0.3) is 0 Å². The molecule has 0 aromatic heterocycles. The van der Waals surface area contributed by atoms with Gasteiger partial charge in [-0.25, -0.2) is 0 Å². The second-order valence-electron chi connectivity index (χ2n) is 21.0. The molecule has 65 heavy (non-hydrogen) atoms. The molecule has 0 aromatic rings. The van der Waals surface area contributed by atoms with E-state index in [9.17, 15) is 14.4 Å². The fourth-order valence-corrected chi connectivity index (χ4v) is 9.02. The lowest BCUT2D eigenvalue weighted by Crippen LogP contribution is -2.30. The predicted molar refractivity (Wildman–Crippen MR) is 280 cm³/mol. The Morgan fingerprint density at radius 2 is 0.585 bits per heavy atom. The molecule has 0 amide bonds. The average Bonchev–Trinajstić information content (AvgIpc) is 3.29. The fraction of sp³-hybridized carbons (Fsp3) is 0.949. The zero-order chi connectivity index (χ0) is 47.5. The van der Waals surface area contributed by atoms with Crippen LogP contribution in [0.4, 0.5) is 0 Å². The SMILES string of the molecule is CCCCCCCCCCCCCCCCCCCCC(=O)OC[C@@H](COC(=O)CCCCCCCCCCCCCCCCC(C)C)OC(=O)CCCCCCCCCCC(C)CC. The van der Waals surface area contributed by atoms with Crippen molar-refractivity contribution >= 4 is 17.9 Å². The fourth-order valence-electron chi connectivity index (χ4n) is 9.02. The first kappa shape index (κ1) is 63.4. The zero-order valence-electron chi connectivity index (χ0n) is 44.6. The van der Waals surface area contributed by atoms with E-state index < -0.39 is 6.10 Å². The molecule has 0 spiro atoms. The first-order chi connectivity index (χ1) is 31.8. The third-order valence-corrected chi connectivity index (χ3v) is 13.8. The monoisotopic (exact) mass is 919 g/mol. The molecule has 0 saturated carbocycles. The molecule has 0 N–H and O–H groups in total. The molecule has 0 aromatic carbocycles. The minimum Gasteiger partial charge on any atom is -0.462 e. The highest BCUT2D eigenvalue weighted by molar-refractivity contribution is 5.71. The van der Waals surface area contributed by atoms with E-state index in [2.05, 4.69) is 34.6 Å². The minimum absolute atomic E-state index is 0.0631. The summed E-state index contributed by atoms with van der Waals surface area (Å²) < 4.78 is 16.9. The van der Waals surface area contributed by atoms with Crippen LogP contribution in [-0.2, 0) is 28.6 Å². The van der Waals surface area contributed by atoms with Gasteiger partial charge in [-0.1, -0.05) is 291 Å². The van der Waals surface area contributed by atoms with Gasteiger partial charge in [-0.3, -0.25) is 14.4 Å². The molecule has 0 aliphatic rings. The Labute approximate surface area is 406 Å². The van der Waals surface area contributed by atoms with Gasteiger partial charge < -0.3 is 14.2 Å². The van der Waals surface area contributed by atoms with Gasteiger partial charge in [0.15, 0.2) is 6.10 Å². The molecular formula is C59H114O6. The normalized spacial score (nSPS) is 12.5. The van der Waals surface area contributed by atoms with Gasteiger partial charge in [0.2, 0.25) is 0 Å². The summed E-state index contributed by atoms with van der Waals surface area (Å²) in [6.45, 7) is 11.4. The van der Waals surface area contributed by atoms with Crippen molar-refractivity contribution in [3.05, 3.63) is 0 Å². The Hall–Kier alpha value is -1.59. The van der Waals surface area contributed by atoms with Crippen molar-refractivity contribution in [2.24, 2.45) is 11.8 Å². The average molecular weight is 920 g/mol. The Bertz CT molecular complexity index is 995. The molecule has 0 aliphatic heterocycles. The Morgan fingerprint density at radius 1 is 0.323 bits per heavy atom. The summed E-state index contributed by atoms with van der Waals surface area (Å²) in [6.07, 6.45) is 55.2. The predicted octanol–water partition coefficient (Wildman–Crippen LogP) is 19.3. The summed E-state index contributed by atoms with van der Waals surface area (Å²) in [7, 11) is 0. The van der Waals surface area contributed by atoms with Crippen molar-refractivity contribution in [1.29, 1.82) is 0 Å². The third-order valence-electron chi connectivity index (χ3n) is 13.8. The van der Waals surface area contributed by atoms with Crippen molar-refractivity contribution in [3.63, 3.8) is 0 Å². The number of unbranched alkanes of at least 4 members (excludes halogenated alkanes) is 37. The first-order valence-corrected chi connectivity index (χ1v) is 29.3. The van der Waals surface area contributed by atoms with E-state index >= 15 is 0 Å². The van der Waals surface area contributed by atoms with Gasteiger partial charge in [0, 0.05) is 19.3 Å². The summed E-state index contributed by atoms with van der Waals surface area (Å²) in [5.41, 5.74) is 0. The van der Waals surface area contributed by atoms with E-state index in [1.54, 1.807) is 0 Å². The maximum Gasteiger partial charge on any atom is 0.306 e. The first-order valence-electron chi connectivity index (χ1n) is 29.3. The van der Waals surface area contributed by atoms with Crippen LogP contribution in [0.15, 0.2) is 0 Å². The van der Waals surface area contributed by atoms with Crippen molar-refractivity contribution in [1.82, 2.24) is 0 Å². The number of carbonyl (C=O) groups is 3. The molecule has 6 heteroatoms. The second-order valence-corrected chi connectivity index (χ2v) is 21.0. The Kier molecular flexibility index (Phi) is 50.5. The lowest BCUT2D eigenvalue weighted by atomic mass is 9.99. The van der Waals surface area contributed by atoms with E-state index in [4.69, 9.17) is 14.2 Å². The number of esters is 3. The largest absolute Gasteiger partial charge is 0.462 e. The number of ether oxygens (including phenoxy) is 3. The van der Waals surface area contributed by atoms with Crippen molar-refractivity contribution in [2.75, 3.05) is 13.2 Å². The zero-order valence-corrected chi connectivity index (χ0v) is 44.6. The molecule has 0 bridgehead atoms. The summed E-state index contributed by atoms with van der Waals surface area (Å²) in [5, 5.41) is 0. The standard InChI is InChI=1S/C59H114O6/c1-6-8-9-10-11-12-13-14-15-16-17-18-22-25-28-34-39-44-49-57(60)63-52-56(65-59(62)51-46-41-36-31-30-33-38-43-48-55(5)7-2)53-64-58(61)50-45-40-35-29-26-23-20-19-21-24-27-32-37-42-47-54(3)4/h54-56H,6-53H2,1-5H3/t55?,56-/m0/s1. The van der Waals surface area contributed by atoms with Crippen molar-refractivity contribution < 1.29 is 28.6 Å². The molecule has 0 heterocycles. The van der Waals surface area contributed by atoms with Gasteiger partial charge in [-0.15, -0.1) is 0 Å². The molecule has 1 unspecified atom stereocenters. The van der Waals surface area contributed by atoms with Crippen LogP contribution in [0.3, 0.4) is 0 Å². The second kappa shape index (κ2) is 51.8. The van der Waals surface area contributed by atoms with Crippen LogP contribution >= 0.6 is 0 Å².